The average molecular weight is 190 g/mol. The quantitative estimate of drug-likeness (QED) is 0.663. The molecule has 2 aliphatic heterocycles. The average Bonchev–Trinajstić information content (AvgIpc) is 2.50. The Labute approximate surface area is 72.7 Å². The number of halogens is 2. The van der Waals surface area contributed by atoms with Gasteiger partial charge in [0.1, 0.15) is 0 Å². The molecule has 0 aromatic carbocycles. The molecule has 1 aliphatic carbocycles. The van der Waals surface area contributed by atoms with Gasteiger partial charge < -0.3 is 9.84 Å². The highest BCUT2D eigenvalue weighted by Gasteiger charge is 2.82. The van der Waals surface area contributed by atoms with E-state index in [1.807, 2.05) is 0 Å². The second-order valence-corrected chi connectivity index (χ2v) is 4.05. The highest BCUT2D eigenvalue weighted by molar-refractivity contribution is 5.72. The van der Waals surface area contributed by atoms with Crippen molar-refractivity contribution in [3.05, 3.63) is 0 Å². The van der Waals surface area contributed by atoms with Gasteiger partial charge >= 0.3 is 5.97 Å². The molecule has 0 radical (unpaired) electrons. The smallest absolute Gasteiger partial charge is 0.309 e. The third kappa shape index (κ3) is 0.701. The van der Waals surface area contributed by atoms with Crippen molar-refractivity contribution in [2.75, 3.05) is 0 Å². The van der Waals surface area contributed by atoms with Gasteiger partial charge in [-0.25, -0.2) is 8.78 Å². The maximum Gasteiger partial charge on any atom is 0.309 e. The summed E-state index contributed by atoms with van der Waals surface area (Å²) in [6.45, 7) is 0. The Morgan fingerprint density at radius 1 is 1.46 bits per heavy atom. The van der Waals surface area contributed by atoms with Crippen molar-refractivity contribution in [2.24, 2.45) is 17.8 Å². The molecule has 13 heavy (non-hydrogen) atoms. The van der Waals surface area contributed by atoms with Gasteiger partial charge in [0.25, 0.3) is 5.92 Å². The predicted molar refractivity (Wildman–Crippen MR) is 36.3 cm³/mol. The Bertz CT molecular complexity index is 291. The zero-order chi connectivity index (χ0) is 9.38. The first-order chi connectivity index (χ1) is 6.03. The molecule has 0 aromatic rings. The number of hydrogen-bond donors (Lipinski definition) is 1. The van der Waals surface area contributed by atoms with E-state index in [1.165, 1.54) is 0 Å². The lowest BCUT2D eigenvalue weighted by Crippen LogP contribution is -2.27. The molecule has 1 N–H and O–H groups in total. The zero-order valence-electron chi connectivity index (χ0n) is 6.61. The molecule has 0 aromatic heterocycles. The van der Waals surface area contributed by atoms with Crippen LogP contribution in [0.15, 0.2) is 0 Å². The van der Waals surface area contributed by atoms with Gasteiger partial charge in [0.15, 0.2) is 0 Å². The van der Waals surface area contributed by atoms with Gasteiger partial charge in [-0.05, 0) is 6.42 Å². The second-order valence-electron chi connectivity index (χ2n) is 4.05. The van der Waals surface area contributed by atoms with Gasteiger partial charge in [-0.2, -0.15) is 0 Å². The van der Waals surface area contributed by atoms with Crippen LogP contribution in [-0.2, 0) is 9.53 Å². The zero-order valence-corrected chi connectivity index (χ0v) is 6.61. The second kappa shape index (κ2) is 1.87. The van der Waals surface area contributed by atoms with Gasteiger partial charge in [-0.15, -0.1) is 0 Å². The van der Waals surface area contributed by atoms with Crippen molar-refractivity contribution in [3.8, 4) is 0 Å². The number of hydrogen-bond acceptors (Lipinski definition) is 2. The SMILES string of the molecule is O=C(O)C1CC2OC1C1C2C1(F)F. The first-order valence-electron chi connectivity index (χ1n) is 4.29. The van der Waals surface area contributed by atoms with Crippen LogP contribution in [0.1, 0.15) is 6.42 Å². The molecule has 0 amide bonds. The van der Waals surface area contributed by atoms with E-state index in [-0.39, 0.29) is 6.42 Å². The number of ether oxygens (including phenoxy) is 1. The van der Waals surface area contributed by atoms with Crippen LogP contribution < -0.4 is 0 Å². The third-order valence-corrected chi connectivity index (χ3v) is 3.45. The molecule has 5 heteroatoms. The summed E-state index contributed by atoms with van der Waals surface area (Å²) in [5.41, 5.74) is 0. The van der Waals surface area contributed by atoms with Crippen molar-refractivity contribution in [1.29, 1.82) is 0 Å². The van der Waals surface area contributed by atoms with Crippen molar-refractivity contribution in [3.63, 3.8) is 0 Å². The van der Waals surface area contributed by atoms with Crippen LogP contribution in [0.25, 0.3) is 0 Å². The normalized spacial score (nSPS) is 54.8. The third-order valence-electron chi connectivity index (χ3n) is 3.45. The first kappa shape index (κ1) is 7.67. The molecule has 2 saturated heterocycles. The number of aliphatic carboxylic acids is 1. The monoisotopic (exact) mass is 190 g/mol. The molecule has 3 nitrogen and oxygen atoms in total. The molecule has 1 saturated carbocycles. The van der Waals surface area contributed by atoms with Crippen molar-refractivity contribution >= 4 is 5.97 Å². The van der Waals surface area contributed by atoms with Crippen LogP contribution in [-0.4, -0.2) is 29.2 Å². The number of carboxylic acids is 1. The molecule has 0 spiro atoms. The Kier molecular flexibility index (Phi) is 1.10. The lowest BCUT2D eigenvalue weighted by atomic mass is 9.89. The molecular formula is C8H8F2O3. The minimum Gasteiger partial charge on any atom is -0.481 e. The van der Waals surface area contributed by atoms with Crippen molar-refractivity contribution in [2.45, 2.75) is 24.6 Å². The van der Waals surface area contributed by atoms with Gasteiger partial charge in [-0.1, -0.05) is 0 Å². The van der Waals surface area contributed by atoms with Gasteiger partial charge in [0.05, 0.1) is 30.0 Å². The maximum absolute atomic E-state index is 12.9. The lowest BCUT2D eigenvalue weighted by Gasteiger charge is -2.12. The van der Waals surface area contributed by atoms with Crippen LogP contribution in [0.4, 0.5) is 8.78 Å². The summed E-state index contributed by atoms with van der Waals surface area (Å²) in [5, 5.41) is 8.72. The van der Waals surface area contributed by atoms with E-state index < -0.39 is 41.9 Å². The summed E-state index contributed by atoms with van der Waals surface area (Å²) in [7, 11) is 0. The molecule has 3 aliphatic rings. The van der Waals surface area contributed by atoms with Crippen LogP contribution in [0.2, 0.25) is 0 Å². The fraction of sp³-hybridized carbons (Fsp3) is 0.875. The summed E-state index contributed by atoms with van der Waals surface area (Å²) in [4.78, 5) is 10.6. The fourth-order valence-corrected chi connectivity index (χ4v) is 2.82. The Balaban J connectivity index is 1.88. The summed E-state index contributed by atoms with van der Waals surface area (Å²) in [6.07, 6.45) is -0.981. The minimum atomic E-state index is -2.65. The van der Waals surface area contributed by atoms with E-state index in [9.17, 15) is 13.6 Å². The molecule has 2 bridgehead atoms. The first-order valence-corrected chi connectivity index (χ1v) is 4.29. The molecule has 3 rings (SSSR count). The van der Waals surface area contributed by atoms with E-state index >= 15 is 0 Å². The van der Waals surface area contributed by atoms with E-state index in [2.05, 4.69) is 0 Å². The Morgan fingerprint density at radius 2 is 2.15 bits per heavy atom. The van der Waals surface area contributed by atoms with E-state index in [0.717, 1.165) is 0 Å². The highest BCUT2D eigenvalue weighted by Crippen LogP contribution is 2.69. The Morgan fingerprint density at radius 3 is 2.69 bits per heavy atom. The van der Waals surface area contributed by atoms with Crippen molar-refractivity contribution < 1.29 is 23.4 Å². The minimum absolute atomic E-state index is 0.261. The fourth-order valence-electron chi connectivity index (χ4n) is 2.82. The maximum atomic E-state index is 12.9. The predicted octanol–water partition coefficient (Wildman–Crippen LogP) is 0.740. The van der Waals surface area contributed by atoms with Crippen LogP contribution in [0, 0.1) is 17.8 Å². The number of carboxylic acid groups (broad SMARTS) is 1. The molecule has 2 heterocycles. The van der Waals surface area contributed by atoms with Gasteiger partial charge in [0.2, 0.25) is 0 Å². The number of alkyl halides is 2. The van der Waals surface area contributed by atoms with E-state index in [4.69, 9.17) is 9.84 Å². The highest BCUT2D eigenvalue weighted by atomic mass is 19.3. The standard InChI is InChI=1S/C8H8F2O3/c9-8(10)4-3-1-2(7(11)12)6(13-3)5(4)8/h2-6H,1H2,(H,11,12). The molecule has 72 valence electrons. The molecule has 5 unspecified atom stereocenters. The topological polar surface area (TPSA) is 46.5 Å². The van der Waals surface area contributed by atoms with Crippen LogP contribution in [0.5, 0.6) is 0 Å². The molecular weight excluding hydrogens is 182 g/mol. The summed E-state index contributed by atoms with van der Waals surface area (Å²) < 4.78 is 31.1. The Hall–Kier alpha value is -0.710. The summed E-state index contributed by atoms with van der Waals surface area (Å²) >= 11 is 0. The number of carbonyl (C=O) groups is 1. The van der Waals surface area contributed by atoms with Gasteiger partial charge in [0, 0.05) is 0 Å². The largest absolute Gasteiger partial charge is 0.481 e. The summed E-state index contributed by atoms with van der Waals surface area (Å²) in [6, 6.07) is 0. The van der Waals surface area contributed by atoms with Gasteiger partial charge in [-0.3, -0.25) is 4.79 Å². The van der Waals surface area contributed by atoms with E-state index in [0.29, 0.717) is 0 Å². The molecule has 3 fully saturated rings. The van der Waals surface area contributed by atoms with Crippen LogP contribution in [0.3, 0.4) is 0 Å². The lowest BCUT2D eigenvalue weighted by molar-refractivity contribution is -0.144. The van der Waals surface area contributed by atoms with Crippen molar-refractivity contribution in [1.82, 2.24) is 0 Å². The molecule has 5 atom stereocenters. The number of fused-ring (bicyclic) bond motifs is 5. The van der Waals surface area contributed by atoms with E-state index in [1.54, 1.807) is 0 Å². The van der Waals surface area contributed by atoms with Crippen LogP contribution >= 0.6 is 0 Å². The number of rotatable bonds is 1. The summed E-state index contributed by atoms with van der Waals surface area (Å²) in [5.74, 6) is -5.87.